The first-order valence-corrected chi connectivity index (χ1v) is 5.43. The van der Waals surface area contributed by atoms with Crippen molar-refractivity contribution in [3.8, 4) is 11.5 Å². The van der Waals surface area contributed by atoms with Crippen LogP contribution < -0.4 is 9.47 Å². The van der Waals surface area contributed by atoms with Crippen LogP contribution in [-0.2, 0) is 0 Å². The standard InChI is InChI=1S/C14H13NO3/c1-17-11-5-6-13(18-2)12(8-11)14(16)10-4-3-7-15-9-10/h3-9H,1-2H3. The maximum atomic E-state index is 12.3. The molecule has 92 valence electrons. The van der Waals surface area contributed by atoms with Gasteiger partial charge in [-0.25, -0.2) is 0 Å². The molecule has 18 heavy (non-hydrogen) atoms. The minimum absolute atomic E-state index is 0.140. The van der Waals surface area contributed by atoms with Crippen molar-refractivity contribution in [2.24, 2.45) is 0 Å². The zero-order valence-corrected chi connectivity index (χ0v) is 10.2. The van der Waals surface area contributed by atoms with Crippen LogP contribution >= 0.6 is 0 Å². The summed E-state index contributed by atoms with van der Waals surface area (Å²) in [5.41, 5.74) is 0.980. The van der Waals surface area contributed by atoms with E-state index in [0.29, 0.717) is 22.6 Å². The van der Waals surface area contributed by atoms with Crippen LogP contribution in [0.5, 0.6) is 11.5 Å². The van der Waals surface area contributed by atoms with Crippen molar-refractivity contribution in [1.29, 1.82) is 0 Å². The van der Waals surface area contributed by atoms with E-state index in [4.69, 9.17) is 9.47 Å². The first-order valence-electron chi connectivity index (χ1n) is 5.43. The van der Waals surface area contributed by atoms with Gasteiger partial charge < -0.3 is 9.47 Å². The molecule has 1 aromatic heterocycles. The molecular formula is C14H13NO3. The molecule has 1 heterocycles. The minimum atomic E-state index is -0.140. The van der Waals surface area contributed by atoms with Gasteiger partial charge in [-0.3, -0.25) is 9.78 Å². The van der Waals surface area contributed by atoms with Crippen LogP contribution in [0, 0.1) is 0 Å². The number of aromatic nitrogens is 1. The van der Waals surface area contributed by atoms with E-state index in [2.05, 4.69) is 4.98 Å². The number of pyridine rings is 1. The van der Waals surface area contributed by atoms with Gasteiger partial charge in [0, 0.05) is 18.0 Å². The van der Waals surface area contributed by atoms with Crippen molar-refractivity contribution in [1.82, 2.24) is 4.98 Å². The van der Waals surface area contributed by atoms with Crippen molar-refractivity contribution < 1.29 is 14.3 Å². The molecular weight excluding hydrogens is 230 g/mol. The smallest absolute Gasteiger partial charge is 0.198 e. The number of carbonyl (C=O) groups excluding carboxylic acids is 1. The number of rotatable bonds is 4. The van der Waals surface area contributed by atoms with E-state index in [-0.39, 0.29) is 5.78 Å². The summed E-state index contributed by atoms with van der Waals surface area (Å²) in [6.45, 7) is 0. The van der Waals surface area contributed by atoms with Crippen LogP contribution in [0.4, 0.5) is 0 Å². The molecule has 0 fully saturated rings. The SMILES string of the molecule is COc1ccc(OC)c(C(=O)c2cccnc2)c1. The molecule has 0 N–H and O–H groups in total. The number of ketones is 1. The summed E-state index contributed by atoms with van der Waals surface area (Å²) in [5, 5.41) is 0. The molecule has 1 aromatic carbocycles. The molecule has 4 heteroatoms. The number of nitrogens with zero attached hydrogens (tertiary/aromatic N) is 1. The Labute approximate surface area is 105 Å². The first-order chi connectivity index (χ1) is 8.76. The highest BCUT2D eigenvalue weighted by molar-refractivity contribution is 6.10. The lowest BCUT2D eigenvalue weighted by molar-refractivity contribution is 0.103. The number of carbonyl (C=O) groups is 1. The van der Waals surface area contributed by atoms with Gasteiger partial charge in [0.2, 0.25) is 0 Å². The van der Waals surface area contributed by atoms with Crippen molar-refractivity contribution in [3.05, 3.63) is 53.9 Å². The Balaban J connectivity index is 2.46. The third-order valence-electron chi connectivity index (χ3n) is 2.57. The zero-order valence-electron chi connectivity index (χ0n) is 10.2. The topological polar surface area (TPSA) is 48.4 Å². The lowest BCUT2D eigenvalue weighted by Gasteiger charge is -2.09. The first kappa shape index (κ1) is 12.1. The molecule has 0 aliphatic heterocycles. The lowest BCUT2D eigenvalue weighted by atomic mass is 10.0. The summed E-state index contributed by atoms with van der Waals surface area (Å²) in [5.74, 6) is 0.992. The van der Waals surface area contributed by atoms with E-state index >= 15 is 0 Å². The molecule has 0 saturated carbocycles. The van der Waals surface area contributed by atoms with Crippen LogP contribution in [0.3, 0.4) is 0 Å². The van der Waals surface area contributed by atoms with Gasteiger partial charge >= 0.3 is 0 Å². The van der Waals surface area contributed by atoms with E-state index in [1.165, 1.54) is 13.3 Å². The number of benzene rings is 1. The summed E-state index contributed by atoms with van der Waals surface area (Å²) in [6, 6.07) is 8.56. The highest BCUT2D eigenvalue weighted by Crippen LogP contribution is 2.26. The molecule has 2 rings (SSSR count). The molecule has 0 aliphatic rings. The number of hydrogen-bond acceptors (Lipinski definition) is 4. The number of methoxy groups -OCH3 is 2. The number of ether oxygens (including phenoxy) is 2. The van der Waals surface area contributed by atoms with Crippen LogP contribution in [0.1, 0.15) is 15.9 Å². The van der Waals surface area contributed by atoms with Gasteiger partial charge in [-0.15, -0.1) is 0 Å². The Morgan fingerprint density at radius 3 is 2.61 bits per heavy atom. The predicted molar refractivity (Wildman–Crippen MR) is 67.2 cm³/mol. The molecule has 0 radical (unpaired) electrons. The fourth-order valence-electron chi connectivity index (χ4n) is 1.64. The van der Waals surface area contributed by atoms with Crippen LogP contribution in [0.15, 0.2) is 42.7 Å². The summed E-state index contributed by atoms with van der Waals surface area (Å²) < 4.78 is 10.3. The monoisotopic (exact) mass is 243 g/mol. The van der Waals surface area contributed by atoms with Crippen molar-refractivity contribution in [3.63, 3.8) is 0 Å². The molecule has 0 atom stereocenters. The second kappa shape index (κ2) is 5.31. The third-order valence-corrected chi connectivity index (χ3v) is 2.57. The van der Waals surface area contributed by atoms with E-state index in [9.17, 15) is 4.79 Å². The van der Waals surface area contributed by atoms with Gasteiger partial charge in [0.15, 0.2) is 5.78 Å². The lowest BCUT2D eigenvalue weighted by Crippen LogP contribution is -2.04. The van der Waals surface area contributed by atoms with E-state index in [1.54, 1.807) is 43.6 Å². The van der Waals surface area contributed by atoms with Crippen LogP contribution in [0.25, 0.3) is 0 Å². The molecule has 2 aromatic rings. The Morgan fingerprint density at radius 1 is 1.17 bits per heavy atom. The Morgan fingerprint density at radius 2 is 2.00 bits per heavy atom. The fourth-order valence-corrected chi connectivity index (χ4v) is 1.64. The molecule has 4 nitrogen and oxygen atoms in total. The Kier molecular flexibility index (Phi) is 3.57. The second-order valence-electron chi connectivity index (χ2n) is 3.64. The van der Waals surface area contributed by atoms with Gasteiger partial charge in [-0.05, 0) is 30.3 Å². The fraction of sp³-hybridized carbons (Fsp3) is 0.143. The molecule has 0 saturated heterocycles. The Bertz CT molecular complexity index is 552. The zero-order chi connectivity index (χ0) is 13.0. The maximum Gasteiger partial charge on any atom is 0.198 e. The van der Waals surface area contributed by atoms with E-state index in [1.807, 2.05) is 0 Å². The molecule has 0 amide bonds. The van der Waals surface area contributed by atoms with Gasteiger partial charge in [0.25, 0.3) is 0 Å². The maximum absolute atomic E-state index is 12.3. The molecule has 0 unspecified atom stereocenters. The number of hydrogen-bond donors (Lipinski definition) is 0. The summed E-state index contributed by atoms with van der Waals surface area (Å²) in [4.78, 5) is 16.3. The average Bonchev–Trinajstić information content (AvgIpc) is 2.46. The van der Waals surface area contributed by atoms with Gasteiger partial charge in [0.05, 0.1) is 19.8 Å². The molecule has 0 aliphatic carbocycles. The minimum Gasteiger partial charge on any atom is -0.497 e. The van der Waals surface area contributed by atoms with Crippen molar-refractivity contribution in [2.75, 3.05) is 14.2 Å². The van der Waals surface area contributed by atoms with Crippen LogP contribution in [0.2, 0.25) is 0 Å². The highest BCUT2D eigenvalue weighted by atomic mass is 16.5. The van der Waals surface area contributed by atoms with Gasteiger partial charge in [-0.1, -0.05) is 0 Å². The second-order valence-corrected chi connectivity index (χ2v) is 3.64. The van der Waals surface area contributed by atoms with Gasteiger partial charge in [0.1, 0.15) is 11.5 Å². The Hall–Kier alpha value is -2.36. The quantitative estimate of drug-likeness (QED) is 0.773. The highest BCUT2D eigenvalue weighted by Gasteiger charge is 2.15. The summed E-state index contributed by atoms with van der Waals surface area (Å²) >= 11 is 0. The third kappa shape index (κ3) is 2.32. The van der Waals surface area contributed by atoms with Crippen molar-refractivity contribution in [2.45, 2.75) is 0 Å². The van der Waals surface area contributed by atoms with E-state index < -0.39 is 0 Å². The largest absolute Gasteiger partial charge is 0.497 e. The van der Waals surface area contributed by atoms with Crippen molar-refractivity contribution >= 4 is 5.78 Å². The van der Waals surface area contributed by atoms with E-state index in [0.717, 1.165) is 0 Å². The van der Waals surface area contributed by atoms with Crippen LogP contribution in [-0.4, -0.2) is 25.0 Å². The summed E-state index contributed by atoms with van der Waals surface area (Å²) in [6.07, 6.45) is 3.15. The summed E-state index contributed by atoms with van der Waals surface area (Å²) in [7, 11) is 3.09. The predicted octanol–water partition coefficient (Wildman–Crippen LogP) is 2.33. The molecule has 0 bridgehead atoms. The normalized spacial score (nSPS) is 9.89. The average molecular weight is 243 g/mol. The molecule has 0 spiro atoms. The van der Waals surface area contributed by atoms with Gasteiger partial charge in [-0.2, -0.15) is 0 Å².